The lowest BCUT2D eigenvalue weighted by Crippen LogP contribution is -2.32. The van der Waals surface area contributed by atoms with Gasteiger partial charge in [0.1, 0.15) is 0 Å². The smallest absolute Gasteiger partial charge is 0.493 e. The van der Waals surface area contributed by atoms with Gasteiger partial charge in [-0.15, -0.1) is 0 Å². The molecule has 0 aliphatic rings. The van der Waals surface area contributed by atoms with Crippen molar-refractivity contribution in [1.82, 2.24) is 0 Å². The minimum atomic E-state index is -1.00. The SMILES string of the molecule is COc1ccccc1OC(=O)OC(OC(=O)C(C)C)C(C)C. The molecular weight excluding hydrogens is 288 g/mol. The van der Waals surface area contributed by atoms with E-state index in [9.17, 15) is 9.59 Å². The Morgan fingerprint density at radius 1 is 0.955 bits per heavy atom. The van der Waals surface area contributed by atoms with Crippen LogP contribution in [0.25, 0.3) is 0 Å². The van der Waals surface area contributed by atoms with E-state index in [0.29, 0.717) is 5.75 Å². The molecule has 122 valence electrons. The van der Waals surface area contributed by atoms with Crippen molar-refractivity contribution in [2.45, 2.75) is 34.0 Å². The standard InChI is InChI=1S/C16H22O6/c1-10(2)14(17)21-15(11(3)4)22-16(18)20-13-9-7-6-8-12(13)19-5/h6-11,15H,1-5H3. The van der Waals surface area contributed by atoms with Crippen molar-refractivity contribution in [3.8, 4) is 11.5 Å². The molecule has 0 amide bonds. The predicted octanol–water partition coefficient (Wildman–Crippen LogP) is 3.39. The van der Waals surface area contributed by atoms with Crippen LogP contribution >= 0.6 is 0 Å². The molecule has 0 bridgehead atoms. The molecule has 6 nitrogen and oxygen atoms in total. The largest absolute Gasteiger partial charge is 0.517 e. The zero-order valence-electron chi connectivity index (χ0n) is 13.5. The normalized spacial score (nSPS) is 12.0. The first-order valence-corrected chi connectivity index (χ1v) is 7.07. The molecule has 1 atom stereocenters. The van der Waals surface area contributed by atoms with Crippen LogP contribution in [-0.2, 0) is 14.3 Å². The van der Waals surface area contributed by atoms with E-state index in [1.165, 1.54) is 7.11 Å². The predicted molar refractivity (Wildman–Crippen MR) is 79.7 cm³/mol. The van der Waals surface area contributed by atoms with Gasteiger partial charge in [0.05, 0.1) is 13.0 Å². The van der Waals surface area contributed by atoms with Gasteiger partial charge in [0.15, 0.2) is 11.5 Å². The van der Waals surface area contributed by atoms with Crippen LogP contribution in [-0.4, -0.2) is 25.5 Å². The number of esters is 1. The fourth-order valence-corrected chi connectivity index (χ4v) is 1.46. The van der Waals surface area contributed by atoms with Crippen molar-refractivity contribution in [3.05, 3.63) is 24.3 Å². The highest BCUT2D eigenvalue weighted by Crippen LogP contribution is 2.26. The first-order valence-electron chi connectivity index (χ1n) is 7.07. The van der Waals surface area contributed by atoms with Crippen LogP contribution in [0.5, 0.6) is 11.5 Å². The van der Waals surface area contributed by atoms with Crippen LogP contribution in [0.3, 0.4) is 0 Å². The minimum absolute atomic E-state index is 0.201. The molecule has 0 radical (unpaired) electrons. The molecule has 1 aromatic carbocycles. The van der Waals surface area contributed by atoms with Crippen molar-refractivity contribution < 1.29 is 28.5 Å². The molecule has 0 aliphatic heterocycles. The third kappa shape index (κ3) is 5.27. The number of methoxy groups -OCH3 is 1. The summed E-state index contributed by atoms with van der Waals surface area (Å²) in [4.78, 5) is 23.5. The van der Waals surface area contributed by atoms with E-state index in [-0.39, 0.29) is 17.6 Å². The van der Waals surface area contributed by atoms with Gasteiger partial charge in [0, 0.05) is 5.92 Å². The first kappa shape index (κ1) is 17.8. The van der Waals surface area contributed by atoms with Gasteiger partial charge in [-0.3, -0.25) is 4.79 Å². The average Bonchev–Trinajstić information content (AvgIpc) is 2.46. The van der Waals surface area contributed by atoms with Crippen molar-refractivity contribution >= 4 is 12.1 Å². The Morgan fingerprint density at radius 3 is 2.05 bits per heavy atom. The molecule has 0 aromatic heterocycles. The second kappa shape index (κ2) is 8.26. The molecule has 0 saturated carbocycles. The Labute approximate surface area is 130 Å². The Kier molecular flexibility index (Phi) is 6.69. The summed E-state index contributed by atoms with van der Waals surface area (Å²) in [7, 11) is 1.47. The number of rotatable bonds is 6. The average molecular weight is 310 g/mol. The van der Waals surface area contributed by atoms with Crippen LogP contribution in [0.15, 0.2) is 24.3 Å². The summed E-state index contributed by atoms with van der Waals surface area (Å²) < 4.78 is 20.4. The van der Waals surface area contributed by atoms with Gasteiger partial charge in [-0.05, 0) is 12.1 Å². The summed E-state index contributed by atoms with van der Waals surface area (Å²) in [6, 6.07) is 6.67. The summed E-state index contributed by atoms with van der Waals surface area (Å²) in [6.07, 6.45) is -1.96. The second-order valence-electron chi connectivity index (χ2n) is 5.32. The third-order valence-electron chi connectivity index (χ3n) is 2.72. The highest BCUT2D eigenvalue weighted by Gasteiger charge is 2.25. The third-order valence-corrected chi connectivity index (χ3v) is 2.72. The summed E-state index contributed by atoms with van der Waals surface area (Å²) >= 11 is 0. The van der Waals surface area contributed by atoms with E-state index in [2.05, 4.69) is 0 Å². The molecule has 0 N–H and O–H groups in total. The van der Waals surface area contributed by atoms with E-state index >= 15 is 0 Å². The lowest BCUT2D eigenvalue weighted by atomic mass is 10.2. The Hall–Kier alpha value is -2.24. The molecule has 0 heterocycles. The molecular formula is C16H22O6. The van der Waals surface area contributed by atoms with Gasteiger partial charge in [-0.2, -0.15) is 0 Å². The number of carbonyl (C=O) groups is 2. The monoisotopic (exact) mass is 310 g/mol. The van der Waals surface area contributed by atoms with E-state index in [1.807, 2.05) is 0 Å². The maximum atomic E-state index is 11.9. The second-order valence-corrected chi connectivity index (χ2v) is 5.32. The summed E-state index contributed by atoms with van der Waals surface area (Å²) in [5.41, 5.74) is 0. The fraction of sp³-hybridized carbons (Fsp3) is 0.500. The van der Waals surface area contributed by atoms with Crippen LogP contribution in [0.1, 0.15) is 27.7 Å². The van der Waals surface area contributed by atoms with Gasteiger partial charge in [-0.25, -0.2) is 4.79 Å². The number of benzene rings is 1. The number of para-hydroxylation sites is 2. The molecule has 1 aromatic rings. The zero-order valence-corrected chi connectivity index (χ0v) is 13.5. The van der Waals surface area contributed by atoms with Crippen molar-refractivity contribution in [3.63, 3.8) is 0 Å². The van der Waals surface area contributed by atoms with E-state index in [1.54, 1.807) is 52.0 Å². The van der Waals surface area contributed by atoms with E-state index in [0.717, 1.165) is 0 Å². The lowest BCUT2D eigenvalue weighted by molar-refractivity contribution is -0.180. The van der Waals surface area contributed by atoms with E-state index in [4.69, 9.17) is 18.9 Å². The molecule has 1 rings (SSSR count). The number of carbonyl (C=O) groups excluding carboxylic acids is 2. The first-order chi connectivity index (χ1) is 10.3. The highest BCUT2D eigenvalue weighted by atomic mass is 16.8. The number of hydrogen-bond donors (Lipinski definition) is 0. The van der Waals surface area contributed by atoms with Crippen molar-refractivity contribution in [1.29, 1.82) is 0 Å². The van der Waals surface area contributed by atoms with Crippen LogP contribution in [0.4, 0.5) is 4.79 Å². The Morgan fingerprint density at radius 2 is 1.55 bits per heavy atom. The van der Waals surface area contributed by atoms with Gasteiger partial charge >= 0.3 is 12.1 Å². The van der Waals surface area contributed by atoms with Crippen molar-refractivity contribution in [2.75, 3.05) is 7.11 Å². The maximum absolute atomic E-state index is 11.9. The maximum Gasteiger partial charge on any atom is 0.517 e. The quantitative estimate of drug-likeness (QED) is 0.455. The molecule has 0 saturated heterocycles. The van der Waals surface area contributed by atoms with Gasteiger partial charge in [0.25, 0.3) is 6.29 Å². The van der Waals surface area contributed by atoms with Crippen LogP contribution < -0.4 is 9.47 Å². The number of hydrogen-bond acceptors (Lipinski definition) is 6. The Bertz CT molecular complexity index is 509. The van der Waals surface area contributed by atoms with Gasteiger partial charge < -0.3 is 18.9 Å². The summed E-state index contributed by atoms with van der Waals surface area (Å²) in [6.45, 7) is 6.95. The fourth-order valence-electron chi connectivity index (χ4n) is 1.46. The van der Waals surface area contributed by atoms with Crippen molar-refractivity contribution in [2.24, 2.45) is 11.8 Å². The molecule has 6 heteroatoms. The summed E-state index contributed by atoms with van der Waals surface area (Å²) in [5, 5.41) is 0. The molecule has 0 aliphatic carbocycles. The zero-order chi connectivity index (χ0) is 16.7. The van der Waals surface area contributed by atoms with Gasteiger partial charge in [-0.1, -0.05) is 39.8 Å². The molecule has 0 spiro atoms. The van der Waals surface area contributed by atoms with E-state index < -0.39 is 18.4 Å². The highest BCUT2D eigenvalue weighted by molar-refractivity contribution is 5.72. The molecule has 0 fully saturated rings. The van der Waals surface area contributed by atoms with Crippen LogP contribution in [0.2, 0.25) is 0 Å². The summed E-state index contributed by atoms with van der Waals surface area (Å²) in [5.74, 6) is -0.320. The van der Waals surface area contributed by atoms with Gasteiger partial charge in [0.2, 0.25) is 0 Å². The van der Waals surface area contributed by atoms with Crippen LogP contribution in [0, 0.1) is 11.8 Å². The topological polar surface area (TPSA) is 71.1 Å². The minimum Gasteiger partial charge on any atom is -0.493 e. The Balaban J connectivity index is 2.69. The lowest BCUT2D eigenvalue weighted by Gasteiger charge is -2.22. The molecule has 22 heavy (non-hydrogen) atoms. The number of ether oxygens (including phenoxy) is 4. The molecule has 1 unspecified atom stereocenters.